The number of benzene rings is 1. The van der Waals surface area contributed by atoms with E-state index in [2.05, 4.69) is 5.32 Å². The van der Waals surface area contributed by atoms with Gasteiger partial charge in [0.15, 0.2) is 5.82 Å². The molecule has 1 aromatic rings. The molecule has 1 aliphatic rings. The summed E-state index contributed by atoms with van der Waals surface area (Å²) in [5, 5.41) is 2.61. The van der Waals surface area contributed by atoms with Crippen LogP contribution in [0, 0.1) is 5.82 Å². The molecule has 4 nitrogen and oxygen atoms in total. The highest BCUT2D eigenvalue weighted by atomic mass is 35.5. The molecule has 2 unspecified atom stereocenters. The van der Waals surface area contributed by atoms with E-state index < -0.39 is 11.9 Å². The van der Waals surface area contributed by atoms with E-state index in [-0.39, 0.29) is 34.3 Å². The van der Waals surface area contributed by atoms with Crippen molar-refractivity contribution in [1.29, 1.82) is 0 Å². The van der Waals surface area contributed by atoms with Gasteiger partial charge in [-0.1, -0.05) is 30.1 Å². The smallest absolute Gasteiger partial charge is 0.252 e. The highest BCUT2D eigenvalue weighted by molar-refractivity contribution is 6.35. The Morgan fingerprint density at radius 3 is 2.48 bits per heavy atom. The van der Waals surface area contributed by atoms with E-state index in [9.17, 15) is 14.0 Å². The first-order chi connectivity index (χ1) is 9.85. The lowest BCUT2D eigenvalue weighted by atomic mass is 10.2. The van der Waals surface area contributed by atoms with E-state index in [4.69, 9.17) is 23.2 Å². The third-order valence-electron chi connectivity index (χ3n) is 3.54. The Morgan fingerprint density at radius 2 is 1.95 bits per heavy atom. The summed E-state index contributed by atoms with van der Waals surface area (Å²) in [6.07, 6.45) is 0.758. The summed E-state index contributed by atoms with van der Waals surface area (Å²) in [5.41, 5.74) is 0.406. The van der Waals surface area contributed by atoms with Crippen LogP contribution >= 0.6 is 23.2 Å². The molecule has 1 aromatic carbocycles. The van der Waals surface area contributed by atoms with E-state index in [1.165, 1.54) is 17.0 Å². The Morgan fingerprint density at radius 1 is 1.38 bits per heavy atom. The summed E-state index contributed by atoms with van der Waals surface area (Å²) in [4.78, 5) is 25.5. The van der Waals surface area contributed by atoms with Gasteiger partial charge in [0.05, 0.1) is 16.5 Å². The van der Waals surface area contributed by atoms with E-state index in [0.717, 1.165) is 0 Å². The number of nitrogens with one attached hydrogen (secondary N) is 1. The van der Waals surface area contributed by atoms with Gasteiger partial charge in [0.1, 0.15) is 6.04 Å². The van der Waals surface area contributed by atoms with Crippen LogP contribution in [0.15, 0.2) is 12.1 Å². The van der Waals surface area contributed by atoms with Crippen LogP contribution in [0.3, 0.4) is 0 Å². The van der Waals surface area contributed by atoms with Gasteiger partial charge in [-0.05, 0) is 25.5 Å². The van der Waals surface area contributed by atoms with Crippen molar-refractivity contribution in [1.82, 2.24) is 4.90 Å². The quantitative estimate of drug-likeness (QED) is 0.678. The topological polar surface area (TPSA) is 49.4 Å². The molecule has 0 aliphatic carbocycles. The van der Waals surface area contributed by atoms with Gasteiger partial charge < -0.3 is 5.32 Å². The predicted molar refractivity (Wildman–Crippen MR) is 80.1 cm³/mol. The number of anilines is 1. The molecule has 0 saturated carbocycles. The minimum atomic E-state index is -0.709. The second-order valence-electron chi connectivity index (χ2n) is 5.01. The molecule has 2 rings (SSSR count). The maximum Gasteiger partial charge on any atom is 0.252 e. The highest BCUT2D eigenvalue weighted by Crippen LogP contribution is 2.29. The Bertz CT molecular complexity index is 571. The minimum absolute atomic E-state index is 0.0653. The summed E-state index contributed by atoms with van der Waals surface area (Å²) in [6.45, 7) is 3.73. The second-order valence-corrected chi connectivity index (χ2v) is 5.83. The first kappa shape index (κ1) is 16.0. The molecule has 1 N–H and O–H groups in total. The first-order valence-corrected chi connectivity index (χ1v) is 7.37. The number of hydrogen-bond donors (Lipinski definition) is 1. The lowest BCUT2D eigenvalue weighted by Crippen LogP contribution is -2.40. The zero-order chi connectivity index (χ0) is 15.7. The molecule has 2 amide bonds. The fraction of sp³-hybridized carbons (Fsp3) is 0.429. The molecule has 2 atom stereocenters. The second kappa shape index (κ2) is 6.20. The van der Waals surface area contributed by atoms with Gasteiger partial charge in [-0.15, -0.1) is 0 Å². The number of halogens is 3. The van der Waals surface area contributed by atoms with Crippen molar-refractivity contribution < 1.29 is 14.0 Å². The summed E-state index contributed by atoms with van der Waals surface area (Å²) in [7, 11) is 0. The number of nitrogens with zero attached hydrogens (tertiary/aromatic N) is 1. The normalized spacial score (nSPS) is 20.0. The maximum atomic E-state index is 13.4. The predicted octanol–water partition coefficient (Wildman–Crippen LogP) is 3.47. The molecule has 0 radical (unpaired) electrons. The summed E-state index contributed by atoms with van der Waals surface area (Å²) in [6, 6.07) is 1.86. The van der Waals surface area contributed by atoms with Crippen molar-refractivity contribution in [2.45, 2.75) is 38.8 Å². The molecule has 1 aliphatic heterocycles. The molecule has 7 heteroatoms. The van der Waals surface area contributed by atoms with Gasteiger partial charge >= 0.3 is 0 Å². The molecular weight excluding hydrogens is 318 g/mol. The van der Waals surface area contributed by atoms with Gasteiger partial charge in [0.2, 0.25) is 5.91 Å². The molecule has 0 bridgehead atoms. The molecule has 114 valence electrons. The number of carbonyl (C=O) groups excluding carboxylic acids is 2. The van der Waals surface area contributed by atoms with Crippen LogP contribution < -0.4 is 5.32 Å². The van der Waals surface area contributed by atoms with E-state index in [0.29, 0.717) is 12.1 Å². The average Bonchev–Trinajstić information content (AvgIpc) is 2.70. The van der Waals surface area contributed by atoms with Crippen LogP contribution in [0.4, 0.5) is 10.1 Å². The monoisotopic (exact) mass is 332 g/mol. The van der Waals surface area contributed by atoms with Crippen LogP contribution in [-0.4, -0.2) is 28.8 Å². The number of imide groups is 1. The highest BCUT2D eigenvalue weighted by Gasteiger charge is 2.40. The summed E-state index contributed by atoms with van der Waals surface area (Å²) in [5.74, 6) is -1.21. The lowest BCUT2D eigenvalue weighted by Gasteiger charge is -2.22. The molecule has 1 heterocycles. The average molecular weight is 333 g/mol. The molecule has 0 aromatic heterocycles. The number of rotatable bonds is 4. The summed E-state index contributed by atoms with van der Waals surface area (Å²) < 4.78 is 13.4. The third-order valence-corrected chi connectivity index (χ3v) is 4.09. The fourth-order valence-electron chi connectivity index (χ4n) is 2.25. The van der Waals surface area contributed by atoms with E-state index in [1.807, 2.05) is 13.8 Å². The zero-order valence-electron chi connectivity index (χ0n) is 11.6. The van der Waals surface area contributed by atoms with Crippen molar-refractivity contribution in [3.63, 3.8) is 0 Å². The van der Waals surface area contributed by atoms with Crippen LogP contribution in [-0.2, 0) is 9.59 Å². The number of hydrogen-bond acceptors (Lipinski definition) is 3. The van der Waals surface area contributed by atoms with Crippen molar-refractivity contribution in [2.75, 3.05) is 5.32 Å². The van der Waals surface area contributed by atoms with Crippen LogP contribution in [0.1, 0.15) is 26.7 Å². The molecule has 1 fully saturated rings. The lowest BCUT2D eigenvalue weighted by molar-refractivity contribution is -0.140. The standard InChI is InChI=1S/C14H15Cl2FN2O2/c1-3-7(2)19-12(20)6-11(14(19)21)18-8-4-9(15)13(17)10(16)5-8/h4-5,7,11,18H,3,6H2,1-2H3. The van der Waals surface area contributed by atoms with Crippen LogP contribution in [0.25, 0.3) is 0 Å². The van der Waals surface area contributed by atoms with Crippen molar-refractivity contribution in [2.24, 2.45) is 0 Å². The van der Waals surface area contributed by atoms with E-state index >= 15 is 0 Å². The number of likely N-dealkylation sites (tertiary alicyclic amines) is 1. The van der Waals surface area contributed by atoms with Gasteiger partial charge in [0, 0.05) is 11.7 Å². The van der Waals surface area contributed by atoms with Crippen molar-refractivity contribution in [3.8, 4) is 0 Å². The Kier molecular flexibility index (Phi) is 4.74. The van der Waals surface area contributed by atoms with Crippen LogP contribution in [0.5, 0.6) is 0 Å². The molecule has 21 heavy (non-hydrogen) atoms. The Balaban J connectivity index is 2.18. The largest absolute Gasteiger partial charge is 0.373 e. The Labute approximate surface area is 132 Å². The molecule has 1 saturated heterocycles. The summed E-state index contributed by atoms with van der Waals surface area (Å²) >= 11 is 11.4. The fourth-order valence-corrected chi connectivity index (χ4v) is 2.74. The molecular formula is C14H15Cl2FN2O2. The van der Waals surface area contributed by atoms with Gasteiger partial charge in [-0.25, -0.2) is 4.39 Å². The van der Waals surface area contributed by atoms with Gasteiger partial charge in [-0.3, -0.25) is 14.5 Å². The number of amides is 2. The maximum absolute atomic E-state index is 13.4. The van der Waals surface area contributed by atoms with Crippen molar-refractivity contribution in [3.05, 3.63) is 28.0 Å². The molecule has 0 spiro atoms. The van der Waals surface area contributed by atoms with Gasteiger partial charge in [0.25, 0.3) is 5.91 Å². The Hall–Kier alpha value is -1.33. The minimum Gasteiger partial charge on any atom is -0.373 e. The van der Waals surface area contributed by atoms with E-state index in [1.54, 1.807) is 0 Å². The zero-order valence-corrected chi connectivity index (χ0v) is 13.1. The van der Waals surface area contributed by atoms with Crippen molar-refractivity contribution >= 4 is 40.7 Å². The number of carbonyl (C=O) groups is 2. The van der Waals surface area contributed by atoms with Crippen LogP contribution in [0.2, 0.25) is 10.0 Å². The first-order valence-electron chi connectivity index (χ1n) is 6.62. The third kappa shape index (κ3) is 3.14. The van der Waals surface area contributed by atoms with Gasteiger partial charge in [-0.2, -0.15) is 0 Å². The SMILES string of the molecule is CCC(C)N1C(=O)CC(Nc2cc(Cl)c(F)c(Cl)c2)C1=O.